The first-order chi connectivity index (χ1) is 10.6. The van der Waals surface area contributed by atoms with Crippen LogP contribution in [0.4, 0.5) is 11.4 Å². The highest BCUT2D eigenvalue weighted by atomic mass is 32.2. The molecule has 2 aromatic carbocycles. The third-order valence-corrected chi connectivity index (χ3v) is 5.82. The standard InChI is InChI=1S/C17H20N2O2S/c18-15-9-6-10-16(13-15)22(20,21)19-12-5-1-2-7-14-8-3-4-11-17(14)19/h3-4,6,8-11,13H,1-2,5,7,12,18H2. The maximum atomic E-state index is 13.0. The number of nitrogens with two attached hydrogens (primary N) is 1. The fourth-order valence-electron chi connectivity index (χ4n) is 2.89. The van der Waals surface area contributed by atoms with Gasteiger partial charge in [-0.05, 0) is 49.1 Å². The van der Waals surface area contributed by atoms with Gasteiger partial charge in [0, 0.05) is 12.2 Å². The molecule has 2 N–H and O–H groups in total. The van der Waals surface area contributed by atoms with Gasteiger partial charge in [-0.1, -0.05) is 30.7 Å². The molecule has 0 aromatic heterocycles. The summed E-state index contributed by atoms with van der Waals surface area (Å²) in [5.74, 6) is 0. The zero-order valence-electron chi connectivity index (χ0n) is 12.4. The topological polar surface area (TPSA) is 63.4 Å². The van der Waals surface area contributed by atoms with E-state index in [2.05, 4.69) is 0 Å². The molecule has 1 aliphatic heterocycles. The van der Waals surface area contributed by atoms with E-state index < -0.39 is 10.0 Å². The SMILES string of the molecule is Nc1cccc(S(=O)(=O)N2CCCCCc3ccccc32)c1. The van der Waals surface area contributed by atoms with E-state index in [-0.39, 0.29) is 4.90 Å². The molecule has 0 radical (unpaired) electrons. The van der Waals surface area contributed by atoms with Crippen LogP contribution in [0.2, 0.25) is 0 Å². The number of rotatable bonds is 2. The molecule has 0 spiro atoms. The lowest BCUT2D eigenvalue weighted by atomic mass is 10.0. The van der Waals surface area contributed by atoms with Crippen LogP contribution in [0.3, 0.4) is 0 Å². The minimum Gasteiger partial charge on any atom is -0.399 e. The summed E-state index contributed by atoms with van der Waals surface area (Å²) in [5.41, 5.74) is 8.10. The average molecular weight is 316 g/mol. The molecule has 1 aliphatic rings. The summed E-state index contributed by atoms with van der Waals surface area (Å²) in [7, 11) is -3.58. The second-order valence-corrected chi connectivity index (χ2v) is 7.45. The molecule has 116 valence electrons. The maximum Gasteiger partial charge on any atom is 0.264 e. The Hall–Kier alpha value is -2.01. The molecule has 0 aliphatic carbocycles. The molecule has 4 nitrogen and oxygen atoms in total. The van der Waals surface area contributed by atoms with Crippen LogP contribution in [0, 0.1) is 0 Å². The molecule has 0 unspecified atom stereocenters. The quantitative estimate of drug-likeness (QED) is 0.865. The minimum absolute atomic E-state index is 0.253. The van der Waals surface area contributed by atoms with E-state index in [1.807, 2.05) is 24.3 Å². The van der Waals surface area contributed by atoms with Crippen LogP contribution in [0.1, 0.15) is 24.8 Å². The molecule has 22 heavy (non-hydrogen) atoms. The third-order valence-electron chi connectivity index (χ3n) is 4.01. The second-order valence-electron chi connectivity index (χ2n) is 5.59. The Morgan fingerprint density at radius 3 is 2.59 bits per heavy atom. The molecule has 3 rings (SSSR count). The van der Waals surface area contributed by atoms with Crippen molar-refractivity contribution < 1.29 is 8.42 Å². The number of para-hydroxylation sites is 1. The number of anilines is 2. The van der Waals surface area contributed by atoms with Crippen LogP contribution in [-0.4, -0.2) is 15.0 Å². The van der Waals surface area contributed by atoms with Crippen LogP contribution in [-0.2, 0) is 16.4 Å². The van der Waals surface area contributed by atoms with Crippen molar-refractivity contribution in [3.05, 3.63) is 54.1 Å². The lowest BCUT2D eigenvalue weighted by molar-refractivity contribution is 0.583. The fourth-order valence-corrected chi connectivity index (χ4v) is 4.48. The van der Waals surface area contributed by atoms with E-state index in [0.29, 0.717) is 12.2 Å². The molecular weight excluding hydrogens is 296 g/mol. The van der Waals surface area contributed by atoms with Gasteiger partial charge in [-0.25, -0.2) is 8.42 Å². The zero-order valence-corrected chi connectivity index (χ0v) is 13.2. The summed E-state index contributed by atoms with van der Waals surface area (Å²) in [6.45, 7) is 0.508. The minimum atomic E-state index is -3.58. The molecule has 0 saturated heterocycles. The fraction of sp³-hybridized carbons (Fsp3) is 0.294. The summed E-state index contributed by atoms with van der Waals surface area (Å²) in [5, 5.41) is 0. The van der Waals surface area contributed by atoms with Crippen molar-refractivity contribution in [2.24, 2.45) is 0 Å². The van der Waals surface area contributed by atoms with Crippen LogP contribution in [0.5, 0.6) is 0 Å². The number of nitrogens with zero attached hydrogens (tertiary/aromatic N) is 1. The first-order valence-electron chi connectivity index (χ1n) is 7.55. The van der Waals surface area contributed by atoms with Crippen molar-refractivity contribution >= 4 is 21.4 Å². The summed E-state index contributed by atoms with van der Waals surface area (Å²) < 4.78 is 27.6. The number of aryl methyl sites for hydroxylation is 1. The monoisotopic (exact) mass is 316 g/mol. The Morgan fingerprint density at radius 2 is 1.77 bits per heavy atom. The Balaban J connectivity index is 2.10. The van der Waals surface area contributed by atoms with E-state index in [9.17, 15) is 8.42 Å². The van der Waals surface area contributed by atoms with Crippen LogP contribution in [0.15, 0.2) is 53.4 Å². The van der Waals surface area contributed by atoms with Gasteiger partial charge in [-0.2, -0.15) is 0 Å². The Labute approximate surface area is 131 Å². The molecule has 5 heteroatoms. The predicted molar refractivity (Wildman–Crippen MR) is 89.4 cm³/mol. The van der Waals surface area contributed by atoms with E-state index in [0.717, 1.165) is 36.9 Å². The smallest absolute Gasteiger partial charge is 0.264 e. The highest BCUT2D eigenvalue weighted by Crippen LogP contribution is 2.30. The van der Waals surface area contributed by atoms with Crippen molar-refractivity contribution in [3.8, 4) is 0 Å². The number of fused-ring (bicyclic) bond motifs is 1. The normalized spacial score (nSPS) is 15.7. The van der Waals surface area contributed by atoms with Gasteiger partial charge in [0.25, 0.3) is 10.0 Å². The number of nitrogen functional groups attached to an aromatic ring is 1. The number of hydrogen-bond acceptors (Lipinski definition) is 3. The molecule has 1 heterocycles. The van der Waals surface area contributed by atoms with E-state index in [1.165, 1.54) is 10.4 Å². The maximum absolute atomic E-state index is 13.0. The summed E-state index contributed by atoms with van der Waals surface area (Å²) in [4.78, 5) is 0.253. The van der Waals surface area contributed by atoms with Crippen LogP contribution < -0.4 is 10.0 Å². The van der Waals surface area contributed by atoms with Crippen molar-refractivity contribution in [1.82, 2.24) is 0 Å². The van der Waals surface area contributed by atoms with E-state index >= 15 is 0 Å². The lowest BCUT2D eigenvalue weighted by Gasteiger charge is -2.28. The van der Waals surface area contributed by atoms with Gasteiger partial charge in [0.1, 0.15) is 0 Å². The second kappa shape index (κ2) is 6.01. The Bertz CT molecular complexity index is 772. The van der Waals surface area contributed by atoms with Crippen molar-refractivity contribution in [1.29, 1.82) is 0 Å². The van der Waals surface area contributed by atoms with Gasteiger partial charge in [0.15, 0.2) is 0 Å². The molecule has 0 saturated carbocycles. The van der Waals surface area contributed by atoms with E-state index in [1.54, 1.807) is 18.2 Å². The van der Waals surface area contributed by atoms with Crippen molar-refractivity contribution in [3.63, 3.8) is 0 Å². The Kier molecular flexibility index (Phi) is 4.07. The molecule has 2 aromatic rings. The largest absolute Gasteiger partial charge is 0.399 e. The van der Waals surface area contributed by atoms with Gasteiger partial charge in [-0.15, -0.1) is 0 Å². The predicted octanol–water partition coefficient (Wildman–Crippen LogP) is 3.19. The lowest BCUT2D eigenvalue weighted by Crippen LogP contribution is -2.33. The third kappa shape index (κ3) is 2.81. The number of sulfonamides is 1. The highest BCUT2D eigenvalue weighted by molar-refractivity contribution is 7.92. The van der Waals surface area contributed by atoms with Crippen molar-refractivity contribution in [2.45, 2.75) is 30.6 Å². The Morgan fingerprint density at radius 1 is 0.955 bits per heavy atom. The van der Waals surface area contributed by atoms with Gasteiger partial charge < -0.3 is 5.73 Å². The van der Waals surface area contributed by atoms with Crippen LogP contribution in [0.25, 0.3) is 0 Å². The molecule has 0 amide bonds. The number of benzene rings is 2. The van der Waals surface area contributed by atoms with Crippen LogP contribution >= 0.6 is 0 Å². The first-order valence-corrected chi connectivity index (χ1v) is 8.99. The first kappa shape index (κ1) is 14.9. The molecule has 0 atom stereocenters. The zero-order chi connectivity index (χ0) is 15.6. The molecular formula is C17H20N2O2S. The molecule has 0 bridgehead atoms. The average Bonchev–Trinajstić information content (AvgIpc) is 2.48. The summed E-state index contributed by atoms with van der Waals surface area (Å²) >= 11 is 0. The van der Waals surface area contributed by atoms with Gasteiger partial charge in [0.2, 0.25) is 0 Å². The van der Waals surface area contributed by atoms with Gasteiger partial charge >= 0.3 is 0 Å². The van der Waals surface area contributed by atoms with Crippen molar-refractivity contribution in [2.75, 3.05) is 16.6 Å². The summed E-state index contributed by atoms with van der Waals surface area (Å²) in [6, 6.07) is 14.3. The van der Waals surface area contributed by atoms with Gasteiger partial charge in [0.05, 0.1) is 10.6 Å². The number of hydrogen-bond donors (Lipinski definition) is 1. The van der Waals surface area contributed by atoms with E-state index in [4.69, 9.17) is 5.73 Å². The van der Waals surface area contributed by atoms with Gasteiger partial charge in [-0.3, -0.25) is 4.31 Å². The summed E-state index contributed by atoms with van der Waals surface area (Å²) in [6.07, 6.45) is 3.93. The highest BCUT2D eigenvalue weighted by Gasteiger charge is 2.27. The molecule has 0 fully saturated rings.